The highest BCUT2D eigenvalue weighted by molar-refractivity contribution is 5.14. The van der Waals surface area contributed by atoms with E-state index >= 15 is 0 Å². The van der Waals surface area contributed by atoms with Gasteiger partial charge < -0.3 is 4.74 Å². The van der Waals surface area contributed by atoms with E-state index in [1.807, 2.05) is 0 Å². The van der Waals surface area contributed by atoms with E-state index in [0.717, 1.165) is 31.3 Å². The Labute approximate surface area is 102 Å². The van der Waals surface area contributed by atoms with Gasteiger partial charge in [0.2, 0.25) is 0 Å². The van der Waals surface area contributed by atoms with Crippen LogP contribution in [0.25, 0.3) is 0 Å². The van der Waals surface area contributed by atoms with Gasteiger partial charge in [0.05, 0.1) is 6.10 Å². The lowest BCUT2D eigenvalue weighted by Crippen LogP contribution is -2.43. The molecule has 3 heteroatoms. The lowest BCUT2D eigenvalue weighted by atomic mass is 9.75. The highest BCUT2D eigenvalue weighted by Gasteiger charge is 2.41. The van der Waals surface area contributed by atoms with Crippen molar-refractivity contribution in [1.29, 1.82) is 0 Å². The number of alkyl halides is 2. The second-order valence-corrected chi connectivity index (χ2v) is 5.51. The Bertz CT molecular complexity index is 290. The van der Waals surface area contributed by atoms with Crippen LogP contribution in [0.1, 0.15) is 39.0 Å². The van der Waals surface area contributed by atoms with Gasteiger partial charge in [0.1, 0.15) is 6.17 Å². The maximum Gasteiger partial charge on any atom is 0.158 e. The molecular formula is C14H22F2O. The fourth-order valence-electron chi connectivity index (χ4n) is 3.05. The topological polar surface area (TPSA) is 9.23 Å². The van der Waals surface area contributed by atoms with Gasteiger partial charge in [-0.25, -0.2) is 8.78 Å². The summed E-state index contributed by atoms with van der Waals surface area (Å²) in [7, 11) is 1.46. The molecule has 5 unspecified atom stereocenters. The molecule has 0 heterocycles. The van der Waals surface area contributed by atoms with E-state index in [1.54, 1.807) is 0 Å². The Balaban J connectivity index is 2.03. The largest absolute Gasteiger partial charge is 0.378 e. The molecule has 2 aliphatic rings. The SMILES string of the molecule is COC1CCC(C2=CCC(C)CC2)C(F)C1F. The van der Waals surface area contributed by atoms with Crippen LogP contribution in [0.3, 0.4) is 0 Å². The van der Waals surface area contributed by atoms with E-state index in [4.69, 9.17) is 4.74 Å². The first-order valence-electron chi connectivity index (χ1n) is 6.63. The standard InChI is InChI=1S/C14H22F2O/c1-9-3-5-10(6-4-9)11-7-8-12(17-2)14(16)13(11)15/h5,9,11-14H,3-4,6-8H2,1-2H3. The molecule has 0 saturated heterocycles. The molecule has 0 aromatic carbocycles. The molecule has 0 aromatic rings. The van der Waals surface area contributed by atoms with E-state index < -0.39 is 18.4 Å². The number of hydrogen-bond acceptors (Lipinski definition) is 1. The third-order valence-electron chi connectivity index (χ3n) is 4.29. The monoisotopic (exact) mass is 244 g/mol. The number of methoxy groups -OCH3 is 1. The second kappa shape index (κ2) is 5.47. The summed E-state index contributed by atoms with van der Waals surface area (Å²) in [5.41, 5.74) is 1.15. The van der Waals surface area contributed by atoms with Crippen molar-refractivity contribution < 1.29 is 13.5 Å². The van der Waals surface area contributed by atoms with Crippen LogP contribution in [0, 0.1) is 11.8 Å². The molecular weight excluding hydrogens is 222 g/mol. The average molecular weight is 244 g/mol. The van der Waals surface area contributed by atoms with Crippen molar-refractivity contribution in [2.45, 2.75) is 57.5 Å². The van der Waals surface area contributed by atoms with Crippen molar-refractivity contribution in [3.63, 3.8) is 0 Å². The van der Waals surface area contributed by atoms with Gasteiger partial charge in [-0.2, -0.15) is 0 Å². The van der Waals surface area contributed by atoms with Gasteiger partial charge in [-0.1, -0.05) is 18.6 Å². The second-order valence-electron chi connectivity index (χ2n) is 5.51. The molecule has 1 saturated carbocycles. The molecule has 0 radical (unpaired) electrons. The van der Waals surface area contributed by atoms with Crippen molar-refractivity contribution in [2.75, 3.05) is 7.11 Å². The molecule has 0 aliphatic heterocycles. The molecule has 0 amide bonds. The summed E-state index contributed by atoms with van der Waals surface area (Å²) in [6, 6.07) is 0. The zero-order chi connectivity index (χ0) is 12.4. The molecule has 1 nitrogen and oxygen atoms in total. The van der Waals surface area contributed by atoms with Crippen LogP contribution < -0.4 is 0 Å². The Morgan fingerprint density at radius 2 is 1.94 bits per heavy atom. The number of rotatable bonds is 2. The van der Waals surface area contributed by atoms with Crippen LogP contribution in [0.4, 0.5) is 8.78 Å². The third-order valence-corrected chi connectivity index (χ3v) is 4.29. The summed E-state index contributed by atoms with van der Waals surface area (Å²) in [5, 5.41) is 0. The lowest BCUT2D eigenvalue weighted by molar-refractivity contribution is -0.0497. The Morgan fingerprint density at radius 3 is 2.53 bits per heavy atom. The summed E-state index contributed by atoms with van der Waals surface area (Å²) >= 11 is 0. The maximum absolute atomic E-state index is 14.1. The van der Waals surface area contributed by atoms with Crippen molar-refractivity contribution in [3.8, 4) is 0 Å². The van der Waals surface area contributed by atoms with Gasteiger partial charge in [-0.3, -0.25) is 0 Å². The molecule has 5 atom stereocenters. The normalized spacial score (nSPS) is 43.3. The van der Waals surface area contributed by atoms with Gasteiger partial charge in [0.15, 0.2) is 6.17 Å². The van der Waals surface area contributed by atoms with Crippen LogP contribution in [0.15, 0.2) is 11.6 Å². The van der Waals surface area contributed by atoms with Gasteiger partial charge >= 0.3 is 0 Å². The summed E-state index contributed by atoms with van der Waals surface area (Å²) in [5.74, 6) is 0.484. The first-order valence-corrected chi connectivity index (χ1v) is 6.63. The van der Waals surface area contributed by atoms with E-state index in [9.17, 15) is 8.78 Å². The lowest BCUT2D eigenvalue weighted by Gasteiger charge is -2.36. The van der Waals surface area contributed by atoms with Gasteiger partial charge in [-0.05, 0) is 38.0 Å². The van der Waals surface area contributed by atoms with E-state index in [-0.39, 0.29) is 5.92 Å². The third kappa shape index (κ3) is 2.70. The minimum atomic E-state index is -1.46. The maximum atomic E-state index is 14.1. The Morgan fingerprint density at radius 1 is 1.18 bits per heavy atom. The van der Waals surface area contributed by atoms with Crippen molar-refractivity contribution >= 4 is 0 Å². The Kier molecular flexibility index (Phi) is 4.18. The number of hydrogen-bond donors (Lipinski definition) is 0. The van der Waals surface area contributed by atoms with Gasteiger partial charge in [0.25, 0.3) is 0 Å². The predicted octanol–water partition coefficient (Wildman–Crippen LogP) is 3.83. The van der Waals surface area contributed by atoms with Crippen LogP contribution in [-0.2, 0) is 4.74 Å². The smallest absolute Gasteiger partial charge is 0.158 e. The molecule has 0 N–H and O–H groups in total. The fourth-order valence-corrected chi connectivity index (χ4v) is 3.05. The molecule has 1 fully saturated rings. The quantitative estimate of drug-likeness (QED) is 0.671. The van der Waals surface area contributed by atoms with Crippen LogP contribution in [-0.4, -0.2) is 25.6 Å². The number of halogens is 2. The molecule has 0 bridgehead atoms. The van der Waals surface area contributed by atoms with Crippen LogP contribution in [0.5, 0.6) is 0 Å². The van der Waals surface area contributed by atoms with Gasteiger partial charge in [-0.15, -0.1) is 0 Å². The predicted molar refractivity (Wildman–Crippen MR) is 64.4 cm³/mol. The average Bonchev–Trinajstić information content (AvgIpc) is 2.34. The van der Waals surface area contributed by atoms with Crippen LogP contribution in [0.2, 0.25) is 0 Å². The number of allylic oxidation sites excluding steroid dienone is 2. The summed E-state index contributed by atoms with van der Waals surface area (Å²) in [6.07, 6.45) is 3.18. The zero-order valence-corrected chi connectivity index (χ0v) is 10.7. The minimum absolute atomic E-state index is 0.205. The molecule has 17 heavy (non-hydrogen) atoms. The highest BCUT2D eigenvalue weighted by atomic mass is 19.2. The summed E-state index contributed by atoms with van der Waals surface area (Å²) in [4.78, 5) is 0. The van der Waals surface area contributed by atoms with E-state index in [0.29, 0.717) is 12.3 Å². The van der Waals surface area contributed by atoms with E-state index in [1.165, 1.54) is 7.11 Å². The first-order chi connectivity index (χ1) is 8.13. The summed E-state index contributed by atoms with van der Waals surface area (Å²) in [6.45, 7) is 2.21. The number of ether oxygens (including phenoxy) is 1. The van der Waals surface area contributed by atoms with Crippen molar-refractivity contribution in [1.82, 2.24) is 0 Å². The molecule has 2 aliphatic carbocycles. The van der Waals surface area contributed by atoms with E-state index in [2.05, 4.69) is 13.0 Å². The summed E-state index contributed by atoms with van der Waals surface area (Å²) < 4.78 is 32.9. The van der Waals surface area contributed by atoms with Crippen LogP contribution >= 0.6 is 0 Å². The Hall–Kier alpha value is -0.440. The molecule has 0 spiro atoms. The van der Waals surface area contributed by atoms with Gasteiger partial charge in [0, 0.05) is 13.0 Å². The zero-order valence-electron chi connectivity index (χ0n) is 10.7. The van der Waals surface area contributed by atoms with Crippen molar-refractivity contribution in [3.05, 3.63) is 11.6 Å². The molecule has 0 aromatic heterocycles. The van der Waals surface area contributed by atoms with Crippen molar-refractivity contribution in [2.24, 2.45) is 11.8 Å². The highest BCUT2D eigenvalue weighted by Crippen LogP contribution is 2.39. The molecule has 2 rings (SSSR count). The first kappa shape index (κ1) is 13.0. The minimum Gasteiger partial charge on any atom is -0.378 e. The fraction of sp³-hybridized carbons (Fsp3) is 0.857. The molecule has 98 valence electrons.